The first-order valence-corrected chi connectivity index (χ1v) is 15.8. The lowest BCUT2D eigenvalue weighted by molar-refractivity contribution is -0.141. The predicted octanol–water partition coefficient (Wildman–Crippen LogP) is 6.29. The van der Waals surface area contributed by atoms with E-state index in [0.29, 0.717) is 20.9 Å². The Labute approximate surface area is 266 Å². The van der Waals surface area contributed by atoms with E-state index in [-0.39, 0.29) is 16.2 Å². The zero-order valence-corrected chi connectivity index (χ0v) is 27.6. The number of carbonyl (C=O) groups is 1. The van der Waals surface area contributed by atoms with Crippen molar-refractivity contribution < 1.29 is 32.0 Å². The first-order valence-electron chi connectivity index (χ1n) is 13.6. The first kappa shape index (κ1) is 33.7. The molecule has 0 radical (unpaired) electrons. The second kappa shape index (κ2) is 12.0. The Morgan fingerprint density at radius 3 is 2.18 bits per heavy atom. The quantitative estimate of drug-likeness (QED) is 0.231. The highest BCUT2D eigenvalue weighted by molar-refractivity contribution is 7.90. The topological polar surface area (TPSA) is 120 Å². The van der Waals surface area contributed by atoms with Crippen molar-refractivity contribution in [2.75, 3.05) is 5.32 Å². The molecule has 3 heterocycles. The zero-order chi connectivity index (χ0) is 32.8. The van der Waals surface area contributed by atoms with E-state index < -0.39 is 45.7 Å². The molecule has 0 bridgehead atoms. The maximum Gasteiger partial charge on any atom is 0.497 e. The highest BCUT2D eigenvalue weighted by Gasteiger charge is 2.52. The minimum Gasteiger partial charge on any atom is -0.480 e. The van der Waals surface area contributed by atoms with E-state index >= 15 is 0 Å². The monoisotopic (exact) mass is 663 g/mol. The minimum atomic E-state index is -3.86. The van der Waals surface area contributed by atoms with Crippen LogP contribution >= 0.6 is 23.2 Å². The van der Waals surface area contributed by atoms with Gasteiger partial charge in [0, 0.05) is 28.3 Å². The second-order valence-corrected chi connectivity index (χ2v) is 14.7. The van der Waals surface area contributed by atoms with Crippen LogP contribution in [0, 0.1) is 12.7 Å². The number of halogens is 3. The molecule has 5 rings (SSSR count). The number of carboxylic acid groups (broad SMARTS) is 1. The lowest BCUT2D eigenvalue weighted by atomic mass is 9.79. The summed E-state index contributed by atoms with van der Waals surface area (Å²) >= 11 is 11.8. The average Bonchev–Trinajstić information content (AvgIpc) is 3.39. The molecule has 0 unspecified atom stereocenters. The van der Waals surface area contributed by atoms with Gasteiger partial charge in [-0.15, -0.1) is 0 Å². The molecule has 1 aliphatic rings. The number of hydrogen-bond donors (Lipinski definition) is 2. The summed E-state index contributed by atoms with van der Waals surface area (Å²) in [5.74, 6) is -1.60. The number of anilines is 1. The van der Waals surface area contributed by atoms with Crippen LogP contribution in [0.4, 0.5) is 10.1 Å². The molecule has 14 heteroatoms. The molecule has 1 saturated heterocycles. The van der Waals surface area contributed by atoms with Crippen LogP contribution in [0.1, 0.15) is 47.1 Å². The molecule has 0 spiro atoms. The van der Waals surface area contributed by atoms with Crippen LogP contribution in [0.25, 0.3) is 11.0 Å². The van der Waals surface area contributed by atoms with E-state index in [1.165, 1.54) is 48.4 Å². The van der Waals surface area contributed by atoms with Crippen molar-refractivity contribution in [2.24, 2.45) is 0 Å². The van der Waals surface area contributed by atoms with Crippen LogP contribution in [0.5, 0.6) is 0 Å². The van der Waals surface area contributed by atoms with Crippen molar-refractivity contribution in [3.63, 3.8) is 0 Å². The number of aromatic nitrogens is 2. The van der Waals surface area contributed by atoms with E-state index in [2.05, 4.69) is 10.3 Å². The number of carboxylic acids is 1. The van der Waals surface area contributed by atoms with Crippen molar-refractivity contribution in [3.05, 3.63) is 82.4 Å². The summed E-state index contributed by atoms with van der Waals surface area (Å²) in [7, 11) is -4.60. The summed E-state index contributed by atoms with van der Waals surface area (Å²) in [5.41, 5.74) is -0.462. The Morgan fingerprint density at radius 1 is 1.02 bits per heavy atom. The third kappa shape index (κ3) is 6.74. The maximum absolute atomic E-state index is 13.3. The summed E-state index contributed by atoms with van der Waals surface area (Å²) < 4.78 is 53.4. The lowest BCUT2D eigenvalue weighted by Crippen LogP contribution is -2.41. The van der Waals surface area contributed by atoms with Crippen molar-refractivity contribution in [1.82, 2.24) is 8.96 Å². The molecular weight excluding hydrogens is 631 g/mol. The SMILES string of the molecule is CC(C)(Nc1cc(Cl)ccc1F)C(=O)O.Cc1ccc(S(=O)(=O)n2cc(B3OC(C)(C)C(C)(C)O3)c3cc(Cl)cnc32)cc1. The number of fused-ring (bicyclic) bond motifs is 1. The standard InChI is InChI=1S/C20H22BClN2O4S.C10H11ClFNO2/c1-13-6-8-15(9-7-13)29(25,26)24-12-17(16-10-14(22)11-23-18(16)24)21-27-19(2,3)20(4,5)28-21;1-10(2,9(14)15)13-8-5-6(11)3-4-7(8)12/h6-12H,1-5H3;3-5,13H,1-2H3,(H,14,15). The molecule has 0 amide bonds. The highest BCUT2D eigenvalue weighted by atomic mass is 35.5. The Balaban J connectivity index is 0.000000249. The summed E-state index contributed by atoms with van der Waals surface area (Å²) in [5, 5.41) is 12.7. The predicted molar refractivity (Wildman–Crippen MR) is 171 cm³/mol. The van der Waals surface area contributed by atoms with Crippen LogP contribution < -0.4 is 10.8 Å². The number of nitrogens with one attached hydrogen (secondary N) is 1. The van der Waals surface area contributed by atoms with Gasteiger partial charge in [0.15, 0.2) is 5.65 Å². The van der Waals surface area contributed by atoms with Gasteiger partial charge < -0.3 is 19.7 Å². The lowest BCUT2D eigenvalue weighted by Gasteiger charge is -2.32. The van der Waals surface area contributed by atoms with Gasteiger partial charge in [-0.25, -0.2) is 26.6 Å². The van der Waals surface area contributed by atoms with Crippen LogP contribution in [0.2, 0.25) is 10.0 Å². The number of aryl methyl sites for hydroxylation is 1. The van der Waals surface area contributed by atoms with Gasteiger partial charge in [0.05, 0.1) is 26.8 Å². The molecule has 2 aromatic heterocycles. The first-order chi connectivity index (χ1) is 20.2. The Hall–Kier alpha value is -3.16. The fraction of sp³-hybridized carbons (Fsp3) is 0.333. The summed E-state index contributed by atoms with van der Waals surface area (Å²) in [6.07, 6.45) is 2.95. The van der Waals surface area contributed by atoms with Gasteiger partial charge in [-0.2, -0.15) is 0 Å². The van der Waals surface area contributed by atoms with Gasteiger partial charge in [0.2, 0.25) is 0 Å². The maximum atomic E-state index is 13.3. The van der Waals surface area contributed by atoms with Crippen LogP contribution in [0.3, 0.4) is 0 Å². The smallest absolute Gasteiger partial charge is 0.480 e. The third-order valence-electron chi connectivity index (χ3n) is 7.60. The number of nitrogens with zero attached hydrogens (tertiary/aromatic N) is 2. The number of pyridine rings is 1. The van der Waals surface area contributed by atoms with Crippen LogP contribution in [0.15, 0.2) is 65.8 Å². The van der Waals surface area contributed by atoms with E-state index in [4.69, 9.17) is 37.6 Å². The largest absolute Gasteiger partial charge is 0.497 e. The minimum absolute atomic E-state index is 0.0786. The molecule has 2 N–H and O–H groups in total. The van der Waals surface area contributed by atoms with Crippen LogP contribution in [-0.4, -0.2) is 52.3 Å². The molecule has 1 aliphatic heterocycles. The molecular formula is C30H33BCl2FN3O6S. The number of rotatable bonds is 6. The summed E-state index contributed by atoms with van der Waals surface area (Å²) in [6.45, 7) is 12.6. The Morgan fingerprint density at radius 2 is 1.61 bits per heavy atom. The molecule has 1 fully saturated rings. The average molecular weight is 664 g/mol. The van der Waals surface area contributed by atoms with Crippen molar-refractivity contribution in [1.29, 1.82) is 0 Å². The number of aliphatic carboxylic acids is 1. The molecule has 0 aliphatic carbocycles. The van der Waals surface area contributed by atoms with Crippen LogP contribution in [-0.2, 0) is 24.1 Å². The molecule has 234 valence electrons. The van der Waals surface area contributed by atoms with Gasteiger partial charge >= 0.3 is 13.1 Å². The normalized spacial score (nSPS) is 16.0. The van der Waals surface area contributed by atoms with E-state index in [9.17, 15) is 17.6 Å². The fourth-order valence-electron chi connectivity index (χ4n) is 4.23. The molecule has 4 aromatic rings. The zero-order valence-electron chi connectivity index (χ0n) is 25.3. The second-order valence-electron chi connectivity index (χ2n) is 12.0. The Bertz CT molecular complexity index is 1810. The Kier molecular flexibility index (Phi) is 9.18. The fourth-order valence-corrected chi connectivity index (χ4v) is 5.89. The summed E-state index contributed by atoms with van der Waals surface area (Å²) in [4.78, 5) is 15.3. The molecule has 0 saturated carbocycles. The number of benzene rings is 2. The number of hydrogen-bond acceptors (Lipinski definition) is 7. The van der Waals surface area contributed by atoms with Gasteiger partial charge in [0.25, 0.3) is 10.0 Å². The van der Waals surface area contributed by atoms with E-state index in [1.807, 2.05) is 34.6 Å². The molecule has 9 nitrogen and oxygen atoms in total. The molecule has 0 atom stereocenters. The molecule has 2 aromatic carbocycles. The third-order valence-corrected chi connectivity index (χ3v) is 9.71. The van der Waals surface area contributed by atoms with Gasteiger partial charge in [-0.05, 0) is 84.9 Å². The molecule has 44 heavy (non-hydrogen) atoms. The van der Waals surface area contributed by atoms with Gasteiger partial charge in [0.1, 0.15) is 11.4 Å². The van der Waals surface area contributed by atoms with Gasteiger partial charge in [-0.1, -0.05) is 40.9 Å². The summed E-state index contributed by atoms with van der Waals surface area (Å²) in [6, 6.07) is 12.3. The van der Waals surface area contributed by atoms with Crippen molar-refractivity contribution in [3.8, 4) is 0 Å². The van der Waals surface area contributed by atoms with Crippen molar-refractivity contribution in [2.45, 2.75) is 70.1 Å². The van der Waals surface area contributed by atoms with E-state index in [1.54, 1.807) is 30.3 Å². The van der Waals surface area contributed by atoms with Crippen molar-refractivity contribution >= 4 is 68.5 Å². The van der Waals surface area contributed by atoms with E-state index in [0.717, 1.165) is 5.56 Å². The van der Waals surface area contributed by atoms with Gasteiger partial charge in [-0.3, -0.25) is 0 Å². The highest BCUT2D eigenvalue weighted by Crippen LogP contribution is 2.37.